The second-order valence-corrected chi connectivity index (χ2v) is 9.44. The summed E-state index contributed by atoms with van der Waals surface area (Å²) in [6, 6.07) is 50.7. The van der Waals surface area contributed by atoms with Crippen molar-refractivity contribution in [1.82, 2.24) is 0 Å². The van der Waals surface area contributed by atoms with E-state index in [1.807, 2.05) is 24.3 Å². The number of anilines is 2. The van der Waals surface area contributed by atoms with E-state index in [-0.39, 0.29) is 0 Å². The van der Waals surface area contributed by atoms with Crippen molar-refractivity contribution in [3.63, 3.8) is 0 Å². The van der Waals surface area contributed by atoms with Crippen LogP contribution in [0.5, 0.6) is 0 Å². The molecule has 0 atom stereocenters. The molecule has 0 aliphatic rings. The van der Waals surface area contributed by atoms with E-state index in [1.54, 1.807) is 0 Å². The van der Waals surface area contributed by atoms with Gasteiger partial charge in [-0.05, 0) is 86.0 Å². The van der Waals surface area contributed by atoms with Crippen LogP contribution < -0.4 is 11.5 Å². The van der Waals surface area contributed by atoms with Crippen molar-refractivity contribution in [3.8, 4) is 55.6 Å². The van der Waals surface area contributed by atoms with Crippen LogP contribution >= 0.6 is 0 Å². The maximum atomic E-state index is 6.13. The molecule has 38 heavy (non-hydrogen) atoms. The smallest absolute Gasteiger partial charge is 0.0314 e. The Morgan fingerprint density at radius 2 is 0.605 bits per heavy atom. The monoisotopic (exact) mass is 488 g/mol. The second kappa shape index (κ2) is 10.1. The zero-order valence-electron chi connectivity index (χ0n) is 21.0. The van der Waals surface area contributed by atoms with Gasteiger partial charge in [0, 0.05) is 11.4 Å². The van der Waals surface area contributed by atoms with Gasteiger partial charge in [-0.15, -0.1) is 0 Å². The highest BCUT2D eigenvalue weighted by molar-refractivity contribution is 6.07. The fraction of sp³-hybridized carbons (Fsp3) is 0. The molecular weight excluding hydrogens is 460 g/mol. The number of hydrogen-bond donors (Lipinski definition) is 2. The minimum Gasteiger partial charge on any atom is -0.399 e. The van der Waals surface area contributed by atoms with E-state index in [1.165, 1.54) is 22.3 Å². The van der Waals surface area contributed by atoms with E-state index in [4.69, 9.17) is 11.5 Å². The molecule has 0 radical (unpaired) electrons. The Hall–Kier alpha value is -5.08. The Kier molecular flexibility index (Phi) is 6.21. The highest BCUT2D eigenvalue weighted by Gasteiger charge is 2.23. The Labute approximate surface area is 223 Å². The zero-order chi connectivity index (χ0) is 25.9. The molecule has 0 saturated heterocycles. The molecule has 6 aromatic rings. The second-order valence-electron chi connectivity index (χ2n) is 9.44. The van der Waals surface area contributed by atoms with Gasteiger partial charge in [-0.25, -0.2) is 0 Å². The first-order chi connectivity index (χ1) is 18.7. The molecule has 0 aliphatic carbocycles. The van der Waals surface area contributed by atoms with Gasteiger partial charge in [-0.1, -0.05) is 115 Å². The molecule has 0 saturated carbocycles. The van der Waals surface area contributed by atoms with Gasteiger partial charge in [0.25, 0.3) is 0 Å². The van der Waals surface area contributed by atoms with E-state index in [0.29, 0.717) is 0 Å². The lowest BCUT2D eigenvalue weighted by atomic mass is 9.79. The van der Waals surface area contributed by atoms with Gasteiger partial charge in [0.15, 0.2) is 0 Å². The number of hydrogen-bond acceptors (Lipinski definition) is 2. The quantitative estimate of drug-likeness (QED) is 0.238. The topological polar surface area (TPSA) is 52.0 Å². The van der Waals surface area contributed by atoms with E-state index in [2.05, 4.69) is 121 Å². The molecule has 2 heteroatoms. The molecule has 182 valence electrons. The minimum absolute atomic E-state index is 0.748. The van der Waals surface area contributed by atoms with Crippen LogP contribution in [0.4, 0.5) is 11.4 Å². The van der Waals surface area contributed by atoms with Crippen LogP contribution in [0.2, 0.25) is 0 Å². The van der Waals surface area contributed by atoms with Crippen molar-refractivity contribution >= 4 is 11.4 Å². The highest BCUT2D eigenvalue weighted by Crippen LogP contribution is 2.50. The third-order valence-corrected chi connectivity index (χ3v) is 6.96. The molecule has 0 aromatic heterocycles. The third-order valence-electron chi connectivity index (χ3n) is 6.96. The standard InChI is InChI=1S/C36H28N2/c37-30-20-16-26(17-21-30)33-24-32(25-10-4-1-5-11-25)35(29-18-22-31(38)23-19-29)36(28-14-8-3-9-15-28)34(33)27-12-6-2-7-13-27/h1-24H,37-38H2. The fourth-order valence-electron chi connectivity index (χ4n) is 5.17. The maximum Gasteiger partial charge on any atom is 0.0314 e. The Morgan fingerprint density at radius 1 is 0.289 bits per heavy atom. The van der Waals surface area contributed by atoms with Gasteiger partial charge in [0.05, 0.1) is 0 Å². The lowest BCUT2D eigenvalue weighted by Gasteiger charge is -2.24. The lowest BCUT2D eigenvalue weighted by Crippen LogP contribution is -1.98. The number of benzene rings is 6. The molecule has 4 N–H and O–H groups in total. The van der Waals surface area contributed by atoms with Crippen LogP contribution in [0, 0.1) is 0 Å². The molecule has 0 bridgehead atoms. The van der Waals surface area contributed by atoms with Gasteiger partial charge in [0.1, 0.15) is 0 Å². The van der Waals surface area contributed by atoms with Crippen LogP contribution in [-0.2, 0) is 0 Å². The number of rotatable bonds is 5. The van der Waals surface area contributed by atoms with Gasteiger partial charge in [0.2, 0.25) is 0 Å². The average Bonchev–Trinajstić information content (AvgIpc) is 2.98. The van der Waals surface area contributed by atoms with Gasteiger partial charge < -0.3 is 11.5 Å². The summed E-state index contributed by atoms with van der Waals surface area (Å²) in [5.41, 5.74) is 25.3. The van der Waals surface area contributed by atoms with Crippen molar-refractivity contribution in [2.24, 2.45) is 0 Å². The van der Waals surface area contributed by atoms with Crippen molar-refractivity contribution in [3.05, 3.63) is 146 Å². The highest BCUT2D eigenvalue weighted by atomic mass is 14.5. The minimum atomic E-state index is 0.748. The van der Waals surface area contributed by atoms with Crippen molar-refractivity contribution in [2.75, 3.05) is 11.5 Å². The van der Waals surface area contributed by atoms with Crippen LogP contribution in [0.1, 0.15) is 0 Å². The van der Waals surface area contributed by atoms with Crippen molar-refractivity contribution < 1.29 is 0 Å². The summed E-state index contributed by atoms with van der Waals surface area (Å²) in [7, 11) is 0. The first-order valence-electron chi connectivity index (χ1n) is 12.8. The predicted molar refractivity (Wildman–Crippen MR) is 162 cm³/mol. The Morgan fingerprint density at radius 3 is 1.05 bits per heavy atom. The Balaban J connectivity index is 1.83. The molecule has 0 unspecified atom stereocenters. The lowest BCUT2D eigenvalue weighted by molar-refractivity contribution is 1.53. The Bertz CT molecular complexity index is 1670. The normalized spacial score (nSPS) is 10.8. The third kappa shape index (κ3) is 4.44. The number of nitrogens with two attached hydrogens (primary N) is 2. The largest absolute Gasteiger partial charge is 0.399 e. The van der Waals surface area contributed by atoms with Gasteiger partial charge in [-0.2, -0.15) is 0 Å². The first-order valence-corrected chi connectivity index (χ1v) is 12.8. The summed E-state index contributed by atoms with van der Waals surface area (Å²) >= 11 is 0. The van der Waals surface area contributed by atoms with Crippen LogP contribution in [-0.4, -0.2) is 0 Å². The summed E-state index contributed by atoms with van der Waals surface area (Å²) in [4.78, 5) is 0. The van der Waals surface area contributed by atoms with Gasteiger partial charge in [-0.3, -0.25) is 0 Å². The first kappa shape index (κ1) is 23.3. The summed E-state index contributed by atoms with van der Waals surface area (Å²) in [6.07, 6.45) is 0. The predicted octanol–water partition coefficient (Wildman–Crippen LogP) is 9.19. The molecule has 6 rings (SSSR count). The molecule has 0 spiro atoms. The zero-order valence-corrected chi connectivity index (χ0v) is 21.0. The van der Waals surface area contributed by atoms with Gasteiger partial charge >= 0.3 is 0 Å². The summed E-state index contributed by atoms with van der Waals surface area (Å²) in [5, 5.41) is 0. The summed E-state index contributed by atoms with van der Waals surface area (Å²) in [6.45, 7) is 0. The average molecular weight is 489 g/mol. The van der Waals surface area contributed by atoms with E-state index in [0.717, 1.165) is 44.8 Å². The summed E-state index contributed by atoms with van der Waals surface area (Å²) in [5.74, 6) is 0. The molecule has 2 nitrogen and oxygen atoms in total. The molecular formula is C36H28N2. The van der Waals surface area contributed by atoms with Crippen LogP contribution in [0.15, 0.2) is 146 Å². The molecule has 0 aliphatic heterocycles. The van der Waals surface area contributed by atoms with Crippen LogP contribution in [0.25, 0.3) is 55.6 Å². The fourth-order valence-corrected chi connectivity index (χ4v) is 5.17. The SMILES string of the molecule is Nc1ccc(-c2cc(-c3ccccc3)c(-c3ccc(N)cc3)c(-c3ccccc3)c2-c2ccccc2)cc1. The van der Waals surface area contributed by atoms with Crippen LogP contribution in [0.3, 0.4) is 0 Å². The molecule has 0 amide bonds. The van der Waals surface area contributed by atoms with E-state index >= 15 is 0 Å². The molecule has 0 fully saturated rings. The van der Waals surface area contributed by atoms with E-state index < -0.39 is 0 Å². The summed E-state index contributed by atoms with van der Waals surface area (Å²) < 4.78 is 0. The van der Waals surface area contributed by atoms with Crippen molar-refractivity contribution in [1.29, 1.82) is 0 Å². The van der Waals surface area contributed by atoms with Crippen molar-refractivity contribution in [2.45, 2.75) is 0 Å². The maximum absolute atomic E-state index is 6.13. The molecule has 0 heterocycles. The molecule has 6 aromatic carbocycles. The number of nitrogen functional groups attached to an aromatic ring is 2. The van der Waals surface area contributed by atoms with E-state index in [9.17, 15) is 0 Å².